The Labute approximate surface area is 258 Å². The van der Waals surface area contributed by atoms with Crippen LogP contribution in [0, 0.1) is 0 Å². The summed E-state index contributed by atoms with van der Waals surface area (Å²) in [5.74, 6) is -1.25. The van der Waals surface area contributed by atoms with Crippen molar-refractivity contribution in [3.8, 4) is 0 Å². The molecule has 0 saturated carbocycles. The van der Waals surface area contributed by atoms with E-state index in [2.05, 4.69) is 25.0 Å². The Hall–Kier alpha value is -1.24. The van der Waals surface area contributed by atoms with Crippen LogP contribution < -0.4 is 5.32 Å². The van der Waals surface area contributed by atoms with Crippen molar-refractivity contribution in [2.45, 2.75) is 38.9 Å². The molecule has 0 spiro atoms. The third kappa shape index (κ3) is 38.7. The minimum absolute atomic E-state index is 0.00761. The van der Waals surface area contributed by atoms with Crippen LogP contribution in [0.25, 0.3) is 0 Å². The van der Waals surface area contributed by atoms with Crippen molar-refractivity contribution in [3.63, 3.8) is 0 Å². The molecule has 0 aliphatic heterocycles. The Balaban J connectivity index is 3.10. The first kappa shape index (κ1) is 41.8. The first-order valence-electron chi connectivity index (χ1n) is 15.1. The molecular weight excluding hydrogens is 586 g/mol. The fourth-order valence-electron chi connectivity index (χ4n) is 2.98. The third-order valence-corrected chi connectivity index (χ3v) is 6.16. The molecule has 256 valence electrons. The molecule has 1 amide bonds. The van der Waals surface area contributed by atoms with Crippen LogP contribution >= 0.6 is 0 Å². The minimum Gasteiger partial charge on any atom is -0.481 e. The number of carboxylic acids is 1. The van der Waals surface area contributed by atoms with Gasteiger partial charge >= 0.3 is 5.97 Å². The second-order valence-corrected chi connectivity index (χ2v) is 14.6. The summed E-state index contributed by atoms with van der Waals surface area (Å²) in [6, 6.07) is 0. The minimum atomic E-state index is -1.46. The van der Waals surface area contributed by atoms with Gasteiger partial charge in [-0.3, -0.25) is 9.59 Å². The Morgan fingerprint density at radius 3 is 1.09 bits per heavy atom. The second kappa shape index (κ2) is 32.2. The highest BCUT2D eigenvalue weighted by Crippen LogP contribution is 2.01. The third-order valence-electron chi connectivity index (χ3n) is 5.09. The van der Waals surface area contributed by atoms with Gasteiger partial charge < -0.3 is 57.5 Å². The fourth-order valence-corrected chi connectivity index (χ4v) is 3.67. The lowest BCUT2D eigenvalue weighted by molar-refractivity contribution is -0.138. The molecule has 0 rings (SSSR count). The SMILES string of the molecule is C[Si](C)(C)OCCOCCOCCOCCOCCOCCOCCOCCOCCOCCCNC(=O)CCC(=O)O. The maximum Gasteiger partial charge on any atom is 0.303 e. The zero-order valence-electron chi connectivity index (χ0n) is 26.6. The molecule has 0 aliphatic rings. The number of hydrogen-bond donors (Lipinski definition) is 2. The van der Waals surface area contributed by atoms with Crippen molar-refractivity contribution in [1.82, 2.24) is 5.32 Å². The van der Waals surface area contributed by atoms with Crippen molar-refractivity contribution >= 4 is 20.2 Å². The molecule has 0 fully saturated rings. The second-order valence-electron chi connectivity index (χ2n) is 10.1. The summed E-state index contributed by atoms with van der Waals surface area (Å²) in [6.07, 6.45) is 0.486. The van der Waals surface area contributed by atoms with E-state index in [9.17, 15) is 9.59 Å². The number of carbonyl (C=O) groups excluding carboxylic acids is 1. The quantitative estimate of drug-likeness (QED) is 0.0754. The zero-order valence-corrected chi connectivity index (χ0v) is 27.6. The van der Waals surface area contributed by atoms with Gasteiger partial charge in [0.25, 0.3) is 0 Å². The summed E-state index contributed by atoms with van der Waals surface area (Å²) in [4.78, 5) is 21.7. The van der Waals surface area contributed by atoms with Gasteiger partial charge in [-0.1, -0.05) is 0 Å². The van der Waals surface area contributed by atoms with Crippen LogP contribution in [-0.4, -0.2) is 157 Å². The molecule has 0 aromatic heterocycles. The van der Waals surface area contributed by atoms with Crippen LogP contribution in [0.15, 0.2) is 0 Å². The maximum atomic E-state index is 11.3. The van der Waals surface area contributed by atoms with E-state index in [0.29, 0.717) is 138 Å². The fraction of sp³-hybridized carbons (Fsp3) is 0.929. The van der Waals surface area contributed by atoms with E-state index < -0.39 is 14.3 Å². The molecule has 0 saturated heterocycles. The molecule has 14 nitrogen and oxygen atoms in total. The van der Waals surface area contributed by atoms with Gasteiger partial charge in [0.2, 0.25) is 5.91 Å². The number of ether oxygens (including phenoxy) is 9. The van der Waals surface area contributed by atoms with Crippen LogP contribution in [0.5, 0.6) is 0 Å². The monoisotopic (exact) mass is 643 g/mol. The molecule has 0 heterocycles. The lowest BCUT2D eigenvalue weighted by Gasteiger charge is -2.16. The summed E-state index contributed by atoms with van der Waals surface area (Å²) in [7, 11) is -1.46. The first-order chi connectivity index (χ1) is 20.8. The highest BCUT2D eigenvalue weighted by atomic mass is 28.4. The Kier molecular flexibility index (Phi) is 31.2. The zero-order chi connectivity index (χ0) is 31.7. The van der Waals surface area contributed by atoms with E-state index in [1.807, 2.05) is 0 Å². The molecule has 0 radical (unpaired) electrons. The molecule has 15 heteroatoms. The van der Waals surface area contributed by atoms with Gasteiger partial charge in [-0.15, -0.1) is 0 Å². The van der Waals surface area contributed by atoms with Crippen molar-refractivity contribution in [1.29, 1.82) is 0 Å². The van der Waals surface area contributed by atoms with Gasteiger partial charge in [0, 0.05) is 19.6 Å². The predicted molar refractivity (Wildman–Crippen MR) is 161 cm³/mol. The smallest absolute Gasteiger partial charge is 0.303 e. The van der Waals surface area contributed by atoms with Crippen LogP contribution in [0.1, 0.15) is 19.3 Å². The molecule has 0 aromatic rings. The summed E-state index contributed by atoms with van der Waals surface area (Å²) < 4.78 is 54.7. The molecule has 0 aromatic carbocycles. The highest BCUT2D eigenvalue weighted by molar-refractivity contribution is 6.69. The molecule has 0 unspecified atom stereocenters. The Morgan fingerprint density at radius 2 is 0.791 bits per heavy atom. The Morgan fingerprint density at radius 1 is 0.488 bits per heavy atom. The van der Waals surface area contributed by atoms with Crippen LogP contribution in [0.4, 0.5) is 0 Å². The maximum absolute atomic E-state index is 11.3. The highest BCUT2D eigenvalue weighted by Gasteiger charge is 2.13. The van der Waals surface area contributed by atoms with E-state index in [1.54, 1.807) is 0 Å². The molecule has 2 N–H and O–H groups in total. The average Bonchev–Trinajstić information content (AvgIpc) is 2.96. The van der Waals surface area contributed by atoms with Crippen molar-refractivity contribution < 1.29 is 61.8 Å². The van der Waals surface area contributed by atoms with Crippen molar-refractivity contribution in [2.24, 2.45) is 0 Å². The predicted octanol–water partition coefficient (Wildman–Crippen LogP) is 1.36. The normalized spacial score (nSPS) is 11.7. The topological polar surface area (TPSA) is 159 Å². The van der Waals surface area contributed by atoms with Gasteiger partial charge in [0.15, 0.2) is 8.32 Å². The molecule has 0 atom stereocenters. The number of hydrogen-bond acceptors (Lipinski definition) is 12. The summed E-state index contributed by atoms with van der Waals surface area (Å²) in [5, 5.41) is 11.2. The molecule has 0 aliphatic carbocycles. The first-order valence-corrected chi connectivity index (χ1v) is 18.5. The number of rotatable bonds is 35. The lowest BCUT2D eigenvalue weighted by Crippen LogP contribution is -2.27. The molecule has 43 heavy (non-hydrogen) atoms. The number of amides is 1. The van der Waals surface area contributed by atoms with Crippen LogP contribution in [0.3, 0.4) is 0 Å². The average molecular weight is 644 g/mol. The Bertz CT molecular complexity index is 626. The van der Waals surface area contributed by atoms with Gasteiger partial charge in [0.1, 0.15) is 0 Å². The van der Waals surface area contributed by atoms with Gasteiger partial charge in [-0.05, 0) is 26.1 Å². The van der Waals surface area contributed by atoms with E-state index in [4.69, 9.17) is 52.2 Å². The summed E-state index contributed by atoms with van der Waals surface area (Å²) in [6.45, 7) is 16.6. The van der Waals surface area contributed by atoms with E-state index in [0.717, 1.165) is 0 Å². The van der Waals surface area contributed by atoms with Gasteiger partial charge in [-0.2, -0.15) is 0 Å². The number of aliphatic carboxylic acids is 1. The largest absolute Gasteiger partial charge is 0.481 e. The van der Waals surface area contributed by atoms with Gasteiger partial charge in [-0.25, -0.2) is 0 Å². The van der Waals surface area contributed by atoms with E-state index in [-0.39, 0.29) is 18.7 Å². The van der Waals surface area contributed by atoms with E-state index in [1.165, 1.54) is 0 Å². The van der Waals surface area contributed by atoms with Crippen molar-refractivity contribution in [2.75, 3.05) is 132 Å². The lowest BCUT2D eigenvalue weighted by atomic mass is 10.3. The summed E-state index contributed by atoms with van der Waals surface area (Å²) >= 11 is 0. The standard InChI is InChI=1S/C28H57NO13Si/c1-43(2,3)42-26-25-41-24-23-40-22-21-39-20-19-38-18-17-37-16-15-36-14-13-35-12-11-34-10-9-33-8-4-7-29-27(30)5-6-28(31)32/h4-26H2,1-3H3,(H,29,30)(H,31,32). The van der Waals surface area contributed by atoms with Crippen LogP contribution in [0.2, 0.25) is 19.6 Å². The number of nitrogens with one attached hydrogen (secondary N) is 1. The number of carbonyl (C=O) groups is 2. The molecule has 0 bridgehead atoms. The summed E-state index contributed by atoms with van der Waals surface area (Å²) in [5.41, 5.74) is 0. The van der Waals surface area contributed by atoms with Gasteiger partial charge in [0.05, 0.1) is 125 Å². The van der Waals surface area contributed by atoms with Crippen molar-refractivity contribution in [3.05, 3.63) is 0 Å². The number of carboxylic acid groups (broad SMARTS) is 1. The van der Waals surface area contributed by atoms with E-state index >= 15 is 0 Å². The van der Waals surface area contributed by atoms with Crippen LogP contribution in [-0.2, 0) is 56.6 Å². The molecular formula is C28H57NO13Si.